The summed E-state index contributed by atoms with van der Waals surface area (Å²) < 4.78 is 0. The summed E-state index contributed by atoms with van der Waals surface area (Å²) >= 11 is 0. The number of nitrogens with one attached hydrogen (secondary N) is 2. The molecule has 7 heteroatoms. The number of hydrogen-bond donors (Lipinski definition) is 2. The number of hydrogen-bond acceptors (Lipinski definition) is 2. The molecule has 1 amide bonds. The normalized spacial score (nSPS) is 25.4. The Labute approximate surface area is 88.6 Å². The quantitative estimate of drug-likeness (QED) is 0.295. The fraction of sp³-hybridized carbons (Fsp3) is 0.714. The number of carbonyl (C=O) groups excluding carboxylic acids is 1. The molecule has 1 heterocycles. The number of guanidine groups is 1. The van der Waals surface area contributed by atoms with Gasteiger partial charge in [-0.25, -0.2) is 0 Å². The summed E-state index contributed by atoms with van der Waals surface area (Å²) in [5, 5.41) is 5.61. The number of β-lactam (4-membered cyclic amide) rings is 1. The molecule has 1 fully saturated rings. The van der Waals surface area contributed by atoms with Crippen molar-refractivity contribution in [3.63, 3.8) is 0 Å². The van der Waals surface area contributed by atoms with Gasteiger partial charge >= 0.3 is 0 Å². The predicted molar refractivity (Wildman–Crippen MR) is 63.7 cm³/mol. The van der Waals surface area contributed by atoms with Crippen LogP contribution in [0.3, 0.4) is 0 Å². The molecule has 4 unspecified atom stereocenters. The summed E-state index contributed by atoms with van der Waals surface area (Å²) in [4.78, 5) is 17.3. The maximum Gasteiger partial charge on any atom is 0.229 e. The van der Waals surface area contributed by atoms with Gasteiger partial charge < -0.3 is 15.1 Å². The van der Waals surface area contributed by atoms with Crippen molar-refractivity contribution in [2.75, 3.05) is 13.6 Å². The largest absolute Gasteiger partial charge is 0.342 e. The number of rotatable bonds is 2. The van der Waals surface area contributed by atoms with Gasteiger partial charge in [0, 0.05) is 13.1 Å². The van der Waals surface area contributed by atoms with E-state index in [0.29, 0.717) is 18.5 Å². The zero-order chi connectivity index (χ0) is 10.7. The average Bonchev–Trinajstić information content (AvgIpc) is 2.23. The third kappa shape index (κ3) is 2.15. The van der Waals surface area contributed by atoms with Crippen LogP contribution in [0.5, 0.6) is 0 Å². The molecule has 0 spiro atoms. The monoisotopic (exact) mass is 234 g/mol. The molecule has 5 nitrogen and oxygen atoms in total. The van der Waals surface area contributed by atoms with E-state index in [1.54, 1.807) is 4.90 Å². The molecule has 1 aliphatic rings. The van der Waals surface area contributed by atoms with Crippen molar-refractivity contribution in [1.82, 2.24) is 15.1 Å². The lowest BCUT2D eigenvalue weighted by Crippen LogP contribution is -2.58. The van der Waals surface area contributed by atoms with Gasteiger partial charge in [-0.2, -0.15) is 0 Å². The molecule has 80 valence electrons. The molecule has 1 rings (SSSR count). The fourth-order valence-corrected chi connectivity index (χ4v) is 1.93. The second kappa shape index (κ2) is 4.90. The maximum absolute atomic E-state index is 11.4. The van der Waals surface area contributed by atoms with Gasteiger partial charge in [0.05, 0.1) is 12.5 Å². The fourth-order valence-electron chi connectivity index (χ4n) is 1.41. The summed E-state index contributed by atoms with van der Waals surface area (Å²) in [6.45, 7) is 2.56. The summed E-state index contributed by atoms with van der Waals surface area (Å²) in [5.74, 6) is 0.856. The van der Waals surface area contributed by atoms with E-state index in [1.807, 2.05) is 14.0 Å². The summed E-state index contributed by atoms with van der Waals surface area (Å²) in [6, 6.07) is 0.293. The number of amides is 1. The van der Waals surface area contributed by atoms with E-state index >= 15 is 0 Å². The lowest BCUT2D eigenvalue weighted by atomic mass is 9.90. The van der Waals surface area contributed by atoms with E-state index in [9.17, 15) is 4.79 Å². The van der Waals surface area contributed by atoms with Gasteiger partial charge in [-0.1, -0.05) is 0 Å². The topological polar surface area (TPSA) is 56.7 Å². The zero-order valence-electron chi connectivity index (χ0n) is 8.32. The number of aliphatic imine (C=N–C) groups is 1. The van der Waals surface area contributed by atoms with Crippen molar-refractivity contribution in [2.24, 2.45) is 10.9 Å². The summed E-state index contributed by atoms with van der Waals surface area (Å²) in [6.07, 6.45) is 0. The Hall–Kier alpha value is -0.400. The van der Waals surface area contributed by atoms with E-state index in [1.165, 1.54) is 0 Å². The third-order valence-corrected chi connectivity index (χ3v) is 3.12. The first-order chi connectivity index (χ1) is 6.61. The molecule has 0 aromatic rings. The highest BCUT2D eigenvalue weighted by molar-refractivity contribution is 7.17. The van der Waals surface area contributed by atoms with Crippen LogP contribution in [0.15, 0.2) is 4.99 Å². The first kappa shape index (κ1) is 11.7. The molecule has 2 N–H and O–H groups in total. The van der Waals surface area contributed by atoms with Gasteiger partial charge in [-0.3, -0.25) is 9.79 Å². The second-order valence-electron chi connectivity index (χ2n) is 3.27. The Morgan fingerprint density at radius 2 is 2.14 bits per heavy atom. The molecule has 0 aromatic carbocycles. The summed E-state index contributed by atoms with van der Waals surface area (Å²) in [5.41, 5.74) is 0. The Balaban J connectivity index is 2.46. The van der Waals surface area contributed by atoms with Crippen molar-refractivity contribution in [3.05, 3.63) is 0 Å². The molecular weight excluding hydrogens is 218 g/mol. The van der Waals surface area contributed by atoms with Crippen LogP contribution in [0.2, 0.25) is 0 Å². The second-order valence-corrected chi connectivity index (χ2v) is 3.85. The SMILES string of the molecule is CC1C(CN=C(NP)NP)C(=O)N1C. The molecule has 0 saturated carbocycles. The van der Waals surface area contributed by atoms with Gasteiger partial charge in [0.2, 0.25) is 5.91 Å². The minimum Gasteiger partial charge on any atom is -0.342 e. The van der Waals surface area contributed by atoms with Crippen LogP contribution >= 0.6 is 18.8 Å². The molecule has 14 heavy (non-hydrogen) atoms. The molecule has 0 aromatic heterocycles. The van der Waals surface area contributed by atoms with Crippen molar-refractivity contribution >= 4 is 30.6 Å². The molecule has 4 atom stereocenters. The van der Waals surface area contributed by atoms with Crippen molar-refractivity contribution in [3.8, 4) is 0 Å². The average molecular weight is 234 g/mol. The van der Waals surface area contributed by atoms with Crippen LogP contribution in [0.1, 0.15) is 6.92 Å². The number of nitrogens with zero attached hydrogens (tertiary/aromatic N) is 2. The van der Waals surface area contributed by atoms with Crippen molar-refractivity contribution < 1.29 is 4.79 Å². The Morgan fingerprint density at radius 1 is 1.57 bits per heavy atom. The summed E-state index contributed by atoms with van der Waals surface area (Å²) in [7, 11) is 6.52. The molecule has 1 aliphatic heterocycles. The van der Waals surface area contributed by atoms with Crippen LogP contribution in [-0.4, -0.2) is 36.4 Å². The first-order valence-corrected chi connectivity index (χ1v) is 5.51. The predicted octanol–water partition coefficient (Wildman–Crippen LogP) is -0.422. The van der Waals surface area contributed by atoms with E-state index in [2.05, 4.69) is 33.9 Å². The number of carbonyl (C=O) groups is 1. The lowest BCUT2D eigenvalue weighted by Gasteiger charge is -2.42. The molecule has 0 aliphatic carbocycles. The van der Waals surface area contributed by atoms with E-state index < -0.39 is 0 Å². The van der Waals surface area contributed by atoms with Gasteiger partial charge in [-0.15, -0.1) is 0 Å². The smallest absolute Gasteiger partial charge is 0.229 e. The van der Waals surface area contributed by atoms with Gasteiger partial charge in [0.1, 0.15) is 0 Å². The lowest BCUT2D eigenvalue weighted by molar-refractivity contribution is -0.151. The standard InChI is InChI=1S/C7H16N4OP2/c1-4-5(6(12)11(4)2)3-8-7(9-13)10-14/h4-5H,3,13-14H2,1-2H3,(H2,8,9,10). The van der Waals surface area contributed by atoms with E-state index in [-0.39, 0.29) is 11.8 Å². The van der Waals surface area contributed by atoms with Crippen molar-refractivity contribution in [1.29, 1.82) is 0 Å². The van der Waals surface area contributed by atoms with Crippen LogP contribution < -0.4 is 10.2 Å². The molecular formula is C7H16N4OP2. The molecule has 1 saturated heterocycles. The Bertz CT molecular complexity index is 252. The van der Waals surface area contributed by atoms with E-state index in [4.69, 9.17) is 0 Å². The minimum atomic E-state index is 0.0340. The van der Waals surface area contributed by atoms with Crippen LogP contribution in [0.25, 0.3) is 0 Å². The molecule has 0 bridgehead atoms. The first-order valence-electron chi connectivity index (χ1n) is 4.36. The van der Waals surface area contributed by atoms with Gasteiger partial charge in [-0.05, 0) is 25.7 Å². The Kier molecular flexibility index (Phi) is 4.09. The highest BCUT2D eigenvalue weighted by atomic mass is 31.0. The highest BCUT2D eigenvalue weighted by Crippen LogP contribution is 2.24. The minimum absolute atomic E-state index is 0.0340. The highest BCUT2D eigenvalue weighted by Gasteiger charge is 2.41. The van der Waals surface area contributed by atoms with E-state index in [0.717, 1.165) is 0 Å². The van der Waals surface area contributed by atoms with Gasteiger partial charge in [0.15, 0.2) is 5.96 Å². The van der Waals surface area contributed by atoms with Crippen molar-refractivity contribution in [2.45, 2.75) is 13.0 Å². The van der Waals surface area contributed by atoms with Crippen LogP contribution in [0.4, 0.5) is 0 Å². The zero-order valence-corrected chi connectivity index (χ0v) is 10.6. The van der Waals surface area contributed by atoms with Crippen LogP contribution in [-0.2, 0) is 4.79 Å². The number of likely N-dealkylation sites (tertiary alicyclic amines) is 1. The Morgan fingerprint density at radius 3 is 2.57 bits per heavy atom. The van der Waals surface area contributed by atoms with Crippen LogP contribution in [0, 0.1) is 5.92 Å². The van der Waals surface area contributed by atoms with Gasteiger partial charge in [0.25, 0.3) is 0 Å². The molecule has 0 radical (unpaired) electrons. The third-order valence-electron chi connectivity index (χ3n) is 2.58. The maximum atomic E-state index is 11.4.